The molecule has 1 aliphatic heterocycles. The number of para-hydroxylation sites is 2. The van der Waals surface area contributed by atoms with Crippen LogP contribution in [0, 0.1) is 11.3 Å². The van der Waals surface area contributed by atoms with Crippen molar-refractivity contribution in [2.45, 2.75) is 19.3 Å². The van der Waals surface area contributed by atoms with Crippen LogP contribution in [0.4, 0.5) is 0 Å². The summed E-state index contributed by atoms with van der Waals surface area (Å²) in [5, 5.41) is 10.4. The van der Waals surface area contributed by atoms with Gasteiger partial charge in [-0.1, -0.05) is 117 Å². The van der Waals surface area contributed by atoms with E-state index in [1.54, 1.807) is 0 Å². The second kappa shape index (κ2) is 10.8. The summed E-state index contributed by atoms with van der Waals surface area (Å²) in [7, 11) is 0. The van der Waals surface area contributed by atoms with Gasteiger partial charge in [-0.05, 0) is 58.7 Å². The Labute approximate surface area is 268 Å². The Morgan fingerprint density at radius 1 is 0.587 bits per heavy atom. The number of hydrogen-bond donors (Lipinski definition) is 0. The van der Waals surface area contributed by atoms with E-state index >= 15 is 0 Å². The number of hydrogen-bond acceptors (Lipinski definition) is 4. The van der Waals surface area contributed by atoms with Gasteiger partial charge in [-0.15, -0.1) is 0 Å². The summed E-state index contributed by atoms with van der Waals surface area (Å²) in [5.74, 6) is 2.48. The van der Waals surface area contributed by atoms with Gasteiger partial charge in [0.05, 0.1) is 22.8 Å². The zero-order chi connectivity index (χ0) is 31.3. The number of fused-ring (bicyclic) bond motifs is 3. The van der Waals surface area contributed by atoms with Crippen LogP contribution in [-0.4, -0.2) is 9.97 Å². The van der Waals surface area contributed by atoms with Crippen molar-refractivity contribution < 1.29 is 4.74 Å². The number of aromatic nitrogens is 2. The molecule has 0 saturated carbocycles. The van der Waals surface area contributed by atoms with Crippen molar-refractivity contribution in [1.29, 1.82) is 5.26 Å². The van der Waals surface area contributed by atoms with Gasteiger partial charge in [-0.25, -0.2) is 9.97 Å². The van der Waals surface area contributed by atoms with Crippen molar-refractivity contribution >= 4 is 10.9 Å². The fourth-order valence-electron chi connectivity index (χ4n) is 6.67. The summed E-state index contributed by atoms with van der Waals surface area (Å²) in [6, 6.07) is 49.5. The first-order valence-corrected chi connectivity index (χ1v) is 15.4. The normalized spacial score (nSPS) is 12.9. The van der Waals surface area contributed by atoms with Gasteiger partial charge in [0, 0.05) is 33.1 Å². The molecule has 1 aliphatic rings. The van der Waals surface area contributed by atoms with E-state index < -0.39 is 0 Å². The first-order valence-electron chi connectivity index (χ1n) is 15.4. The third-order valence-corrected chi connectivity index (χ3v) is 8.95. The number of rotatable bonds is 4. The van der Waals surface area contributed by atoms with Gasteiger partial charge in [-0.3, -0.25) is 0 Å². The molecule has 4 heteroatoms. The minimum absolute atomic E-state index is 0.222. The standard InChI is InChI=1S/C42H29N3O/c1-42(2)35-16-4-6-18-37(35)46-38-19-9-15-33(39(38)42)28-20-22-29(23-21-28)41-44-36-17-5-3-14-34(36)40(45-41)32-13-8-12-31(25-32)30-11-7-10-27(24-30)26-43/h3-25H,1-2H3. The molecule has 218 valence electrons. The number of ether oxygens (including phenoxy) is 1. The van der Waals surface area contributed by atoms with E-state index in [1.165, 1.54) is 11.1 Å². The molecule has 0 spiro atoms. The van der Waals surface area contributed by atoms with Gasteiger partial charge in [0.25, 0.3) is 0 Å². The van der Waals surface area contributed by atoms with Gasteiger partial charge in [-0.2, -0.15) is 5.26 Å². The Morgan fingerprint density at radius 3 is 2.11 bits per heavy atom. The van der Waals surface area contributed by atoms with Gasteiger partial charge in [0.15, 0.2) is 5.82 Å². The molecule has 6 aromatic carbocycles. The van der Waals surface area contributed by atoms with E-state index in [9.17, 15) is 5.26 Å². The number of nitrogens with zero attached hydrogens (tertiary/aromatic N) is 3. The van der Waals surface area contributed by atoms with E-state index in [0.717, 1.165) is 61.5 Å². The maximum absolute atomic E-state index is 9.42. The minimum atomic E-state index is -0.222. The molecule has 8 rings (SSSR count). The summed E-state index contributed by atoms with van der Waals surface area (Å²) in [6.45, 7) is 4.54. The lowest BCUT2D eigenvalue weighted by atomic mass is 9.73. The lowest BCUT2D eigenvalue weighted by Crippen LogP contribution is -2.25. The lowest BCUT2D eigenvalue weighted by Gasteiger charge is -2.36. The predicted octanol–water partition coefficient (Wildman–Crippen LogP) is 10.6. The Balaban J connectivity index is 1.20. The van der Waals surface area contributed by atoms with Gasteiger partial charge >= 0.3 is 0 Å². The Morgan fingerprint density at radius 2 is 1.26 bits per heavy atom. The van der Waals surface area contributed by atoms with Gasteiger partial charge < -0.3 is 4.74 Å². The van der Waals surface area contributed by atoms with E-state index in [-0.39, 0.29) is 5.41 Å². The molecule has 4 nitrogen and oxygen atoms in total. The van der Waals surface area contributed by atoms with E-state index in [1.807, 2.05) is 60.7 Å². The molecule has 0 bridgehead atoms. The molecular formula is C42H29N3O. The van der Waals surface area contributed by atoms with E-state index in [4.69, 9.17) is 14.7 Å². The topological polar surface area (TPSA) is 58.8 Å². The van der Waals surface area contributed by atoms with Gasteiger partial charge in [0.1, 0.15) is 11.5 Å². The Hall–Kier alpha value is -6.05. The van der Waals surface area contributed by atoms with Crippen LogP contribution in [-0.2, 0) is 5.41 Å². The molecule has 0 atom stereocenters. The molecule has 0 amide bonds. The van der Waals surface area contributed by atoms with E-state index in [0.29, 0.717) is 11.4 Å². The predicted molar refractivity (Wildman–Crippen MR) is 185 cm³/mol. The van der Waals surface area contributed by atoms with Crippen molar-refractivity contribution in [3.05, 3.63) is 156 Å². The molecule has 7 aromatic rings. The highest BCUT2D eigenvalue weighted by Crippen LogP contribution is 2.51. The summed E-state index contributed by atoms with van der Waals surface area (Å²) in [6.07, 6.45) is 0. The molecular weight excluding hydrogens is 562 g/mol. The molecule has 0 fully saturated rings. The van der Waals surface area contributed by atoms with Crippen molar-refractivity contribution in [3.8, 4) is 62.5 Å². The van der Waals surface area contributed by atoms with Crippen molar-refractivity contribution in [3.63, 3.8) is 0 Å². The summed E-state index contributed by atoms with van der Waals surface area (Å²) in [4.78, 5) is 10.1. The van der Waals surface area contributed by atoms with Crippen LogP contribution in [0.1, 0.15) is 30.5 Å². The van der Waals surface area contributed by atoms with Crippen LogP contribution in [0.2, 0.25) is 0 Å². The van der Waals surface area contributed by atoms with Crippen LogP contribution in [0.3, 0.4) is 0 Å². The highest BCUT2D eigenvalue weighted by atomic mass is 16.5. The second-order valence-corrected chi connectivity index (χ2v) is 12.2. The number of nitriles is 1. The van der Waals surface area contributed by atoms with Crippen LogP contribution >= 0.6 is 0 Å². The van der Waals surface area contributed by atoms with Crippen molar-refractivity contribution in [2.75, 3.05) is 0 Å². The lowest BCUT2D eigenvalue weighted by molar-refractivity contribution is 0.419. The number of benzene rings is 6. The molecule has 46 heavy (non-hydrogen) atoms. The average molecular weight is 592 g/mol. The first kappa shape index (κ1) is 27.5. The van der Waals surface area contributed by atoms with Crippen molar-refractivity contribution in [1.82, 2.24) is 9.97 Å². The molecule has 1 aromatic heterocycles. The molecule has 2 heterocycles. The van der Waals surface area contributed by atoms with Crippen LogP contribution in [0.15, 0.2) is 140 Å². The zero-order valence-electron chi connectivity index (χ0n) is 25.5. The van der Waals surface area contributed by atoms with Crippen LogP contribution < -0.4 is 4.74 Å². The quantitative estimate of drug-likeness (QED) is 0.204. The highest BCUT2D eigenvalue weighted by molar-refractivity contribution is 5.94. The summed E-state index contributed by atoms with van der Waals surface area (Å²) < 4.78 is 6.38. The van der Waals surface area contributed by atoms with E-state index in [2.05, 4.69) is 98.8 Å². The highest BCUT2D eigenvalue weighted by Gasteiger charge is 2.36. The largest absolute Gasteiger partial charge is 0.457 e. The molecule has 0 radical (unpaired) electrons. The Kier molecular flexibility index (Phi) is 6.48. The first-order chi connectivity index (χ1) is 22.5. The summed E-state index contributed by atoms with van der Waals surface area (Å²) >= 11 is 0. The Bertz CT molecular complexity index is 2330. The maximum Gasteiger partial charge on any atom is 0.160 e. The summed E-state index contributed by atoms with van der Waals surface area (Å²) in [5.41, 5.74) is 10.8. The average Bonchev–Trinajstić information content (AvgIpc) is 3.11. The fourth-order valence-corrected chi connectivity index (χ4v) is 6.67. The third-order valence-electron chi connectivity index (χ3n) is 8.95. The fraction of sp³-hybridized carbons (Fsp3) is 0.0714. The monoisotopic (exact) mass is 591 g/mol. The van der Waals surface area contributed by atoms with Crippen LogP contribution in [0.25, 0.3) is 55.8 Å². The van der Waals surface area contributed by atoms with Crippen molar-refractivity contribution in [2.24, 2.45) is 0 Å². The SMILES string of the molecule is CC1(C)c2ccccc2Oc2cccc(-c3ccc(-c4nc(-c5cccc(-c6cccc(C#N)c6)c5)c5ccccc5n4)cc3)c21. The molecule has 0 N–H and O–H groups in total. The maximum atomic E-state index is 9.42. The minimum Gasteiger partial charge on any atom is -0.457 e. The molecule has 0 aliphatic carbocycles. The smallest absolute Gasteiger partial charge is 0.160 e. The van der Waals surface area contributed by atoms with Crippen LogP contribution in [0.5, 0.6) is 11.5 Å². The zero-order valence-corrected chi connectivity index (χ0v) is 25.5. The third kappa shape index (κ3) is 4.62. The second-order valence-electron chi connectivity index (χ2n) is 12.2. The van der Waals surface area contributed by atoms with Gasteiger partial charge in [0.2, 0.25) is 0 Å². The molecule has 0 unspecified atom stereocenters. The molecule has 0 saturated heterocycles.